The molecule has 1 aliphatic rings. The van der Waals surface area contributed by atoms with E-state index in [-0.39, 0.29) is 6.04 Å². The smallest absolute Gasteiger partial charge is 0.135 e. The first kappa shape index (κ1) is 12.3. The summed E-state index contributed by atoms with van der Waals surface area (Å²) in [6, 6.07) is 0.282. The molecular formula is C13H22N4. The average molecular weight is 234 g/mol. The highest BCUT2D eigenvalue weighted by atomic mass is 15.2. The van der Waals surface area contributed by atoms with E-state index in [1.54, 1.807) is 0 Å². The van der Waals surface area contributed by atoms with Gasteiger partial charge in [-0.1, -0.05) is 13.3 Å². The minimum absolute atomic E-state index is 0.282. The Morgan fingerprint density at radius 3 is 2.88 bits per heavy atom. The van der Waals surface area contributed by atoms with Crippen LogP contribution in [0.15, 0.2) is 6.20 Å². The van der Waals surface area contributed by atoms with Crippen molar-refractivity contribution in [3.63, 3.8) is 0 Å². The molecule has 0 aliphatic carbocycles. The Kier molecular flexibility index (Phi) is 3.62. The van der Waals surface area contributed by atoms with Crippen LogP contribution in [0.1, 0.15) is 31.2 Å². The second kappa shape index (κ2) is 5.00. The second-order valence-electron chi connectivity index (χ2n) is 5.04. The molecule has 1 aromatic heterocycles. The summed E-state index contributed by atoms with van der Waals surface area (Å²) < 4.78 is 0. The van der Waals surface area contributed by atoms with Crippen LogP contribution in [0.4, 0.5) is 5.82 Å². The number of anilines is 1. The Hall–Kier alpha value is -1.16. The van der Waals surface area contributed by atoms with E-state index < -0.39 is 0 Å². The Labute approximate surface area is 103 Å². The summed E-state index contributed by atoms with van der Waals surface area (Å²) in [5.41, 5.74) is 7.33. The van der Waals surface area contributed by atoms with Gasteiger partial charge in [0.2, 0.25) is 0 Å². The maximum absolute atomic E-state index is 6.20. The third-order valence-electron chi connectivity index (χ3n) is 3.52. The van der Waals surface area contributed by atoms with Crippen molar-refractivity contribution in [2.75, 3.05) is 18.0 Å². The standard InChI is InChI=1S/C13H22N4/c1-4-5-11-7-17(8-12(11)14)13-9(2)6-15-10(3)16-13/h6,11-12H,4-5,7-8,14H2,1-3H3/t11-,12-/m1/s1. The molecule has 1 aliphatic heterocycles. The van der Waals surface area contributed by atoms with Crippen LogP contribution in [-0.4, -0.2) is 29.1 Å². The Balaban J connectivity index is 2.16. The number of rotatable bonds is 3. The van der Waals surface area contributed by atoms with E-state index in [0.717, 1.165) is 30.3 Å². The van der Waals surface area contributed by atoms with Crippen LogP contribution in [0, 0.1) is 19.8 Å². The first-order chi connectivity index (χ1) is 8.11. The fraction of sp³-hybridized carbons (Fsp3) is 0.692. The molecule has 1 aromatic rings. The van der Waals surface area contributed by atoms with Crippen LogP contribution in [-0.2, 0) is 0 Å². The van der Waals surface area contributed by atoms with Crippen LogP contribution in [0.5, 0.6) is 0 Å². The second-order valence-corrected chi connectivity index (χ2v) is 5.04. The van der Waals surface area contributed by atoms with E-state index in [4.69, 9.17) is 5.73 Å². The van der Waals surface area contributed by atoms with Gasteiger partial charge in [-0.25, -0.2) is 9.97 Å². The summed E-state index contributed by atoms with van der Waals surface area (Å²) in [6.07, 6.45) is 4.31. The van der Waals surface area contributed by atoms with Crippen LogP contribution < -0.4 is 10.6 Å². The van der Waals surface area contributed by atoms with Crippen molar-refractivity contribution in [2.24, 2.45) is 11.7 Å². The highest BCUT2D eigenvalue weighted by Gasteiger charge is 2.30. The van der Waals surface area contributed by atoms with Crippen molar-refractivity contribution in [3.8, 4) is 0 Å². The van der Waals surface area contributed by atoms with Gasteiger partial charge < -0.3 is 10.6 Å². The van der Waals surface area contributed by atoms with Gasteiger partial charge in [-0.05, 0) is 26.2 Å². The molecule has 1 fully saturated rings. The highest BCUT2D eigenvalue weighted by Crippen LogP contribution is 2.26. The minimum atomic E-state index is 0.282. The van der Waals surface area contributed by atoms with E-state index in [2.05, 4.69) is 28.7 Å². The predicted octanol–water partition coefficient (Wildman–Crippen LogP) is 1.66. The van der Waals surface area contributed by atoms with Crippen molar-refractivity contribution in [1.82, 2.24) is 9.97 Å². The monoisotopic (exact) mass is 234 g/mol. The molecule has 0 bridgehead atoms. The van der Waals surface area contributed by atoms with Gasteiger partial charge in [0, 0.05) is 30.9 Å². The van der Waals surface area contributed by atoms with Gasteiger partial charge in [-0.15, -0.1) is 0 Å². The van der Waals surface area contributed by atoms with Crippen molar-refractivity contribution < 1.29 is 0 Å². The third kappa shape index (κ3) is 2.57. The normalized spacial score (nSPS) is 24.4. The summed E-state index contributed by atoms with van der Waals surface area (Å²) in [7, 11) is 0. The molecule has 2 N–H and O–H groups in total. The van der Waals surface area contributed by atoms with Crippen LogP contribution in [0.25, 0.3) is 0 Å². The number of aromatic nitrogens is 2. The average Bonchev–Trinajstić information content (AvgIpc) is 2.64. The quantitative estimate of drug-likeness (QED) is 0.864. The molecule has 4 heteroatoms. The molecule has 2 rings (SSSR count). The zero-order valence-corrected chi connectivity index (χ0v) is 11.0. The zero-order valence-electron chi connectivity index (χ0n) is 11.0. The molecule has 0 amide bonds. The molecule has 2 heterocycles. The van der Waals surface area contributed by atoms with Crippen molar-refractivity contribution >= 4 is 5.82 Å². The van der Waals surface area contributed by atoms with Gasteiger partial charge in [0.1, 0.15) is 11.6 Å². The van der Waals surface area contributed by atoms with E-state index in [1.807, 2.05) is 13.1 Å². The molecule has 0 unspecified atom stereocenters. The SMILES string of the molecule is CCC[C@@H]1CN(c2nc(C)ncc2C)C[C@H]1N. The van der Waals surface area contributed by atoms with Crippen molar-refractivity contribution in [3.05, 3.63) is 17.6 Å². The maximum atomic E-state index is 6.20. The van der Waals surface area contributed by atoms with Crippen LogP contribution in [0.3, 0.4) is 0 Å². The van der Waals surface area contributed by atoms with E-state index >= 15 is 0 Å². The topological polar surface area (TPSA) is 55.0 Å². The zero-order chi connectivity index (χ0) is 12.4. The minimum Gasteiger partial charge on any atom is -0.354 e. The summed E-state index contributed by atoms with van der Waals surface area (Å²) in [5, 5.41) is 0. The number of hydrogen-bond acceptors (Lipinski definition) is 4. The molecule has 0 spiro atoms. The fourth-order valence-electron chi connectivity index (χ4n) is 2.58. The van der Waals surface area contributed by atoms with Gasteiger partial charge in [-0.2, -0.15) is 0 Å². The molecule has 0 saturated carbocycles. The van der Waals surface area contributed by atoms with Gasteiger partial charge >= 0.3 is 0 Å². The number of hydrogen-bond donors (Lipinski definition) is 1. The summed E-state index contributed by atoms with van der Waals surface area (Å²) >= 11 is 0. The van der Waals surface area contributed by atoms with E-state index in [9.17, 15) is 0 Å². The molecule has 94 valence electrons. The van der Waals surface area contributed by atoms with Gasteiger partial charge in [-0.3, -0.25) is 0 Å². The van der Waals surface area contributed by atoms with Crippen LogP contribution in [0.2, 0.25) is 0 Å². The lowest BCUT2D eigenvalue weighted by atomic mass is 9.99. The van der Waals surface area contributed by atoms with Crippen LogP contribution >= 0.6 is 0 Å². The van der Waals surface area contributed by atoms with Crippen molar-refractivity contribution in [1.29, 1.82) is 0 Å². The van der Waals surface area contributed by atoms with E-state index in [0.29, 0.717) is 5.92 Å². The van der Waals surface area contributed by atoms with Gasteiger partial charge in [0.15, 0.2) is 0 Å². The molecule has 17 heavy (non-hydrogen) atoms. The molecule has 2 atom stereocenters. The molecule has 1 saturated heterocycles. The lowest BCUT2D eigenvalue weighted by Gasteiger charge is -2.19. The molecule has 0 aromatic carbocycles. The third-order valence-corrected chi connectivity index (χ3v) is 3.52. The van der Waals surface area contributed by atoms with Gasteiger partial charge in [0.25, 0.3) is 0 Å². The summed E-state index contributed by atoms with van der Waals surface area (Å²) in [6.45, 7) is 8.17. The lowest BCUT2D eigenvalue weighted by Crippen LogP contribution is -2.30. The largest absolute Gasteiger partial charge is 0.354 e. The first-order valence-corrected chi connectivity index (χ1v) is 6.42. The Morgan fingerprint density at radius 1 is 1.41 bits per heavy atom. The number of nitrogens with two attached hydrogens (primary N) is 1. The summed E-state index contributed by atoms with van der Waals surface area (Å²) in [5.74, 6) is 2.50. The Morgan fingerprint density at radius 2 is 2.18 bits per heavy atom. The number of aryl methyl sites for hydroxylation is 2. The predicted molar refractivity (Wildman–Crippen MR) is 70.1 cm³/mol. The highest BCUT2D eigenvalue weighted by molar-refractivity contribution is 5.46. The summed E-state index contributed by atoms with van der Waals surface area (Å²) in [4.78, 5) is 11.1. The fourth-order valence-corrected chi connectivity index (χ4v) is 2.58. The number of nitrogens with zero attached hydrogens (tertiary/aromatic N) is 3. The maximum Gasteiger partial charge on any atom is 0.135 e. The first-order valence-electron chi connectivity index (χ1n) is 6.42. The Bertz CT molecular complexity index is 391. The molecule has 0 radical (unpaired) electrons. The van der Waals surface area contributed by atoms with E-state index in [1.165, 1.54) is 12.8 Å². The van der Waals surface area contributed by atoms with Gasteiger partial charge in [0.05, 0.1) is 0 Å². The van der Waals surface area contributed by atoms with Crippen molar-refractivity contribution in [2.45, 2.75) is 39.7 Å². The molecular weight excluding hydrogens is 212 g/mol. The lowest BCUT2D eigenvalue weighted by molar-refractivity contribution is 0.472. The molecule has 4 nitrogen and oxygen atoms in total.